The van der Waals surface area contributed by atoms with Gasteiger partial charge in [0, 0.05) is 30.5 Å². The predicted molar refractivity (Wildman–Crippen MR) is 96.6 cm³/mol. The van der Waals surface area contributed by atoms with Crippen LogP contribution in [0, 0.1) is 6.92 Å². The van der Waals surface area contributed by atoms with Gasteiger partial charge < -0.3 is 10.2 Å². The van der Waals surface area contributed by atoms with Gasteiger partial charge in [-0.2, -0.15) is 4.98 Å². The van der Waals surface area contributed by atoms with E-state index in [1.54, 1.807) is 0 Å². The molecule has 0 atom stereocenters. The Hall–Kier alpha value is -2.10. The number of aryl methyl sites for hydroxylation is 1. The SMILES string of the molecule is Cc1cc(Nc2ccc(C(C)(C)C)cc2)nc(N2CCCC2)n1. The van der Waals surface area contributed by atoms with Crippen LogP contribution >= 0.6 is 0 Å². The van der Waals surface area contributed by atoms with Crippen molar-refractivity contribution in [1.29, 1.82) is 0 Å². The minimum atomic E-state index is 0.174. The third kappa shape index (κ3) is 3.81. The lowest BCUT2D eigenvalue weighted by Gasteiger charge is -2.19. The van der Waals surface area contributed by atoms with Crippen LogP contribution < -0.4 is 10.2 Å². The second-order valence-corrected chi connectivity index (χ2v) is 7.34. The van der Waals surface area contributed by atoms with Crippen molar-refractivity contribution in [2.75, 3.05) is 23.3 Å². The van der Waals surface area contributed by atoms with Crippen LogP contribution in [0.1, 0.15) is 44.9 Å². The van der Waals surface area contributed by atoms with Crippen LogP contribution in [0.15, 0.2) is 30.3 Å². The van der Waals surface area contributed by atoms with E-state index in [0.717, 1.165) is 36.2 Å². The Morgan fingerprint density at radius 1 is 1.00 bits per heavy atom. The number of anilines is 3. The molecule has 4 heteroatoms. The Labute approximate surface area is 139 Å². The molecular weight excluding hydrogens is 284 g/mol. The summed E-state index contributed by atoms with van der Waals surface area (Å²) in [5, 5.41) is 3.41. The van der Waals surface area contributed by atoms with Gasteiger partial charge in [-0.3, -0.25) is 0 Å². The van der Waals surface area contributed by atoms with E-state index < -0.39 is 0 Å². The molecule has 1 aromatic carbocycles. The summed E-state index contributed by atoms with van der Waals surface area (Å²) in [6.07, 6.45) is 2.46. The Morgan fingerprint density at radius 2 is 1.65 bits per heavy atom. The molecule has 122 valence electrons. The number of rotatable bonds is 3. The predicted octanol–water partition coefficient (Wildman–Crippen LogP) is 4.43. The molecule has 0 unspecified atom stereocenters. The van der Waals surface area contributed by atoms with Crippen molar-refractivity contribution < 1.29 is 0 Å². The number of nitrogens with one attached hydrogen (secondary N) is 1. The summed E-state index contributed by atoms with van der Waals surface area (Å²) >= 11 is 0. The second-order valence-electron chi connectivity index (χ2n) is 7.34. The van der Waals surface area contributed by atoms with Crippen LogP contribution in [0.5, 0.6) is 0 Å². The maximum atomic E-state index is 4.69. The fourth-order valence-corrected chi connectivity index (χ4v) is 2.88. The van der Waals surface area contributed by atoms with Crippen molar-refractivity contribution in [3.05, 3.63) is 41.6 Å². The van der Waals surface area contributed by atoms with E-state index in [1.807, 2.05) is 13.0 Å². The van der Waals surface area contributed by atoms with E-state index in [1.165, 1.54) is 18.4 Å². The minimum Gasteiger partial charge on any atom is -0.341 e. The Balaban J connectivity index is 1.79. The van der Waals surface area contributed by atoms with Crippen molar-refractivity contribution >= 4 is 17.5 Å². The highest BCUT2D eigenvalue weighted by Gasteiger charge is 2.16. The molecule has 0 amide bonds. The highest BCUT2D eigenvalue weighted by Crippen LogP contribution is 2.25. The Bertz CT molecular complexity index is 665. The topological polar surface area (TPSA) is 41.1 Å². The third-order valence-electron chi connectivity index (χ3n) is 4.25. The minimum absolute atomic E-state index is 0.174. The van der Waals surface area contributed by atoms with Crippen molar-refractivity contribution in [2.24, 2.45) is 0 Å². The molecule has 0 bridgehead atoms. The molecule has 0 spiro atoms. The second kappa shape index (κ2) is 6.19. The standard InChI is InChI=1S/C19H26N4/c1-14-13-17(22-18(20-14)23-11-5-6-12-23)21-16-9-7-15(8-10-16)19(2,3)4/h7-10,13H,5-6,11-12H2,1-4H3,(H,20,21,22). The molecule has 0 radical (unpaired) electrons. The van der Waals surface area contributed by atoms with Crippen LogP contribution in [0.3, 0.4) is 0 Å². The zero-order valence-electron chi connectivity index (χ0n) is 14.6. The van der Waals surface area contributed by atoms with Gasteiger partial charge in [-0.1, -0.05) is 32.9 Å². The molecule has 23 heavy (non-hydrogen) atoms. The zero-order valence-corrected chi connectivity index (χ0v) is 14.6. The summed E-state index contributed by atoms with van der Waals surface area (Å²) < 4.78 is 0. The van der Waals surface area contributed by atoms with Crippen LogP contribution in [-0.2, 0) is 5.41 Å². The largest absolute Gasteiger partial charge is 0.341 e. The van der Waals surface area contributed by atoms with Gasteiger partial charge in [0.2, 0.25) is 5.95 Å². The lowest BCUT2D eigenvalue weighted by atomic mass is 9.87. The van der Waals surface area contributed by atoms with Gasteiger partial charge in [-0.25, -0.2) is 4.98 Å². The summed E-state index contributed by atoms with van der Waals surface area (Å²) in [7, 11) is 0. The van der Waals surface area contributed by atoms with Crippen molar-refractivity contribution in [3.63, 3.8) is 0 Å². The number of hydrogen-bond acceptors (Lipinski definition) is 4. The smallest absolute Gasteiger partial charge is 0.227 e. The summed E-state index contributed by atoms with van der Waals surface area (Å²) in [4.78, 5) is 11.5. The molecule has 2 aromatic rings. The van der Waals surface area contributed by atoms with Gasteiger partial charge in [-0.05, 0) is 42.9 Å². The van der Waals surface area contributed by atoms with Crippen molar-refractivity contribution in [3.8, 4) is 0 Å². The number of benzene rings is 1. The first-order valence-corrected chi connectivity index (χ1v) is 8.40. The van der Waals surface area contributed by atoms with E-state index in [4.69, 9.17) is 0 Å². The summed E-state index contributed by atoms with van der Waals surface area (Å²) in [6, 6.07) is 10.6. The van der Waals surface area contributed by atoms with E-state index in [2.05, 4.69) is 65.2 Å². The van der Waals surface area contributed by atoms with Gasteiger partial charge in [0.1, 0.15) is 5.82 Å². The first-order valence-electron chi connectivity index (χ1n) is 8.40. The van der Waals surface area contributed by atoms with E-state index >= 15 is 0 Å². The fourth-order valence-electron chi connectivity index (χ4n) is 2.88. The first-order chi connectivity index (χ1) is 10.9. The van der Waals surface area contributed by atoms with Gasteiger partial charge in [0.15, 0.2) is 0 Å². The normalized spacial score (nSPS) is 15.0. The van der Waals surface area contributed by atoms with Gasteiger partial charge >= 0.3 is 0 Å². The van der Waals surface area contributed by atoms with Gasteiger partial charge in [0.05, 0.1) is 0 Å². The highest BCUT2D eigenvalue weighted by molar-refractivity contribution is 5.58. The van der Waals surface area contributed by atoms with E-state index in [0.29, 0.717) is 0 Å². The Kier molecular flexibility index (Phi) is 4.24. The summed E-state index contributed by atoms with van der Waals surface area (Å²) in [5.41, 5.74) is 3.56. The molecule has 1 N–H and O–H groups in total. The van der Waals surface area contributed by atoms with Crippen molar-refractivity contribution in [1.82, 2.24) is 9.97 Å². The van der Waals surface area contributed by atoms with Gasteiger partial charge in [-0.15, -0.1) is 0 Å². The molecule has 1 aliphatic heterocycles. The number of nitrogens with zero attached hydrogens (tertiary/aromatic N) is 3. The monoisotopic (exact) mass is 310 g/mol. The molecule has 1 fully saturated rings. The molecular formula is C19H26N4. The lowest BCUT2D eigenvalue weighted by molar-refractivity contribution is 0.590. The summed E-state index contributed by atoms with van der Waals surface area (Å²) in [6.45, 7) is 10.8. The maximum absolute atomic E-state index is 4.69. The van der Waals surface area contributed by atoms with Gasteiger partial charge in [0.25, 0.3) is 0 Å². The van der Waals surface area contributed by atoms with Crippen LogP contribution in [0.25, 0.3) is 0 Å². The van der Waals surface area contributed by atoms with Crippen LogP contribution in [0.2, 0.25) is 0 Å². The Morgan fingerprint density at radius 3 is 2.26 bits per heavy atom. The molecule has 1 aromatic heterocycles. The average molecular weight is 310 g/mol. The quantitative estimate of drug-likeness (QED) is 0.910. The van der Waals surface area contributed by atoms with Crippen LogP contribution in [0.4, 0.5) is 17.5 Å². The third-order valence-corrected chi connectivity index (χ3v) is 4.25. The molecule has 0 aliphatic carbocycles. The van der Waals surface area contributed by atoms with E-state index in [9.17, 15) is 0 Å². The maximum Gasteiger partial charge on any atom is 0.227 e. The molecule has 1 aliphatic rings. The van der Waals surface area contributed by atoms with E-state index in [-0.39, 0.29) is 5.41 Å². The molecule has 1 saturated heterocycles. The fraction of sp³-hybridized carbons (Fsp3) is 0.474. The molecule has 0 saturated carbocycles. The lowest BCUT2D eigenvalue weighted by Crippen LogP contribution is -2.21. The highest BCUT2D eigenvalue weighted by atomic mass is 15.3. The van der Waals surface area contributed by atoms with Crippen LogP contribution in [-0.4, -0.2) is 23.1 Å². The summed E-state index contributed by atoms with van der Waals surface area (Å²) in [5.74, 6) is 1.71. The molecule has 2 heterocycles. The zero-order chi connectivity index (χ0) is 16.4. The van der Waals surface area contributed by atoms with Crippen molar-refractivity contribution in [2.45, 2.75) is 46.0 Å². The molecule has 4 nitrogen and oxygen atoms in total. The number of aromatic nitrogens is 2. The molecule has 3 rings (SSSR count). The average Bonchev–Trinajstić information content (AvgIpc) is 3.00. The first kappa shape index (κ1) is 15.8. The number of hydrogen-bond donors (Lipinski definition) is 1.